The molecule has 3 heterocycles. The van der Waals surface area contributed by atoms with Crippen molar-refractivity contribution in [2.45, 2.75) is 58.6 Å². The van der Waals surface area contributed by atoms with E-state index in [2.05, 4.69) is 29.0 Å². The zero-order valence-electron chi connectivity index (χ0n) is 16.7. The van der Waals surface area contributed by atoms with Crippen LogP contribution < -0.4 is 10.2 Å². The molecule has 2 aromatic rings. The van der Waals surface area contributed by atoms with Crippen molar-refractivity contribution in [3.05, 3.63) is 41.1 Å². The molecule has 0 saturated carbocycles. The van der Waals surface area contributed by atoms with Gasteiger partial charge in [0.25, 0.3) is 5.91 Å². The molecule has 1 aliphatic heterocycles. The molecular formula is C21H28N4O3. The SMILES string of the molecule is Cc1occc1C(=O)N[C@@H]1CC(C)(C)Cc2nc(N3CCC(O)CC3)ncc21. The minimum atomic E-state index is -0.223. The topological polar surface area (TPSA) is 91.5 Å². The lowest BCUT2D eigenvalue weighted by atomic mass is 9.74. The van der Waals surface area contributed by atoms with Gasteiger partial charge >= 0.3 is 0 Å². The Morgan fingerprint density at radius 3 is 2.79 bits per heavy atom. The Balaban J connectivity index is 1.59. The van der Waals surface area contributed by atoms with Gasteiger partial charge in [0, 0.05) is 24.8 Å². The Morgan fingerprint density at radius 1 is 1.36 bits per heavy atom. The Hall–Kier alpha value is -2.41. The maximum absolute atomic E-state index is 12.7. The van der Waals surface area contributed by atoms with Crippen molar-refractivity contribution in [1.29, 1.82) is 0 Å². The number of hydrogen-bond acceptors (Lipinski definition) is 6. The molecule has 2 aromatic heterocycles. The van der Waals surface area contributed by atoms with E-state index in [4.69, 9.17) is 9.40 Å². The van der Waals surface area contributed by atoms with Crippen LogP contribution in [0.3, 0.4) is 0 Å². The van der Waals surface area contributed by atoms with E-state index < -0.39 is 0 Å². The minimum Gasteiger partial charge on any atom is -0.469 e. The predicted molar refractivity (Wildman–Crippen MR) is 105 cm³/mol. The van der Waals surface area contributed by atoms with Crippen LogP contribution in [0.5, 0.6) is 0 Å². The number of aliphatic hydroxyl groups excluding tert-OH is 1. The summed E-state index contributed by atoms with van der Waals surface area (Å²) in [5.41, 5.74) is 2.59. The number of carbonyl (C=O) groups excluding carboxylic acids is 1. The summed E-state index contributed by atoms with van der Waals surface area (Å²) in [6.45, 7) is 7.74. The van der Waals surface area contributed by atoms with Crippen LogP contribution in [0.1, 0.15) is 66.5 Å². The third-order valence-corrected chi connectivity index (χ3v) is 5.82. The maximum atomic E-state index is 12.7. The molecule has 150 valence electrons. The number of fused-ring (bicyclic) bond motifs is 1. The van der Waals surface area contributed by atoms with E-state index in [-0.39, 0.29) is 23.5 Å². The van der Waals surface area contributed by atoms with Gasteiger partial charge in [-0.3, -0.25) is 4.79 Å². The minimum absolute atomic E-state index is 0.0279. The monoisotopic (exact) mass is 384 g/mol. The number of aryl methyl sites for hydroxylation is 1. The summed E-state index contributed by atoms with van der Waals surface area (Å²) in [4.78, 5) is 24.3. The highest BCUT2D eigenvalue weighted by Crippen LogP contribution is 2.40. The third kappa shape index (κ3) is 3.76. The second-order valence-electron chi connectivity index (χ2n) is 8.75. The van der Waals surface area contributed by atoms with Crippen molar-refractivity contribution < 1.29 is 14.3 Å². The van der Waals surface area contributed by atoms with Gasteiger partial charge in [0.1, 0.15) is 5.76 Å². The van der Waals surface area contributed by atoms with Crippen LogP contribution in [0.25, 0.3) is 0 Å². The molecular weight excluding hydrogens is 356 g/mol. The zero-order chi connectivity index (χ0) is 19.9. The molecule has 0 spiro atoms. The van der Waals surface area contributed by atoms with Gasteiger partial charge in [-0.2, -0.15) is 0 Å². The Kier molecular flexibility index (Phi) is 4.87. The Morgan fingerprint density at radius 2 is 2.11 bits per heavy atom. The summed E-state index contributed by atoms with van der Waals surface area (Å²) >= 11 is 0. The van der Waals surface area contributed by atoms with Gasteiger partial charge in [0.15, 0.2) is 0 Å². The first-order valence-corrected chi connectivity index (χ1v) is 9.96. The molecule has 0 radical (unpaired) electrons. The molecule has 0 bridgehead atoms. The highest BCUT2D eigenvalue weighted by atomic mass is 16.3. The number of piperidine rings is 1. The number of furan rings is 1. The van der Waals surface area contributed by atoms with Crippen molar-refractivity contribution in [3.63, 3.8) is 0 Å². The molecule has 1 fully saturated rings. The van der Waals surface area contributed by atoms with Crippen molar-refractivity contribution in [1.82, 2.24) is 15.3 Å². The molecule has 4 rings (SSSR count). The molecule has 7 heteroatoms. The van der Waals surface area contributed by atoms with E-state index in [0.29, 0.717) is 11.3 Å². The van der Waals surface area contributed by atoms with Gasteiger partial charge in [0.2, 0.25) is 5.95 Å². The average Bonchev–Trinajstić information content (AvgIpc) is 3.07. The summed E-state index contributed by atoms with van der Waals surface area (Å²) in [6.07, 6.45) is 6.36. The lowest BCUT2D eigenvalue weighted by Gasteiger charge is -2.37. The van der Waals surface area contributed by atoms with Crippen molar-refractivity contribution in [2.75, 3.05) is 18.0 Å². The molecule has 1 saturated heterocycles. The molecule has 1 amide bonds. The van der Waals surface area contributed by atoms with Crippen LogP contribution >= 0.6 is 0 Å². The van der Waals surface area contributed by atoms with Crippen molar-refractivity contribution in [2.24, 2.45) is 5.41 Å². The van der Waals surface area contributed by atoms with E-state index in [1.807, 2.05) is 6.20 Å². The first-order valence-electron chi connectivity index (χ1n) is 9.96. The quantitative estimate of drug-likeness (QED) is 0.846. The standard InChI is InChI=1S/C21H28N4O3/c1-13-15(6-9-28-13)19(27)23-17-10-21(2,3)11-18-16(17)12-22-20(24-18)25-7-4-14(26)5-8-25/h6,9,12,14,17,26H,4-5,7-8,10-11H2,1-3H3,(H,23,27)/t17-/m1/s1. The number of rotatable bonds is 3. The van der Waals surface area contributed by atoms with Crippen LogP contribution in [0.15, 0.2) is 22.9 Å². The van der Waals surface area contributed by atoms with E-state index in [9.17, 15) is 9.90 Å². The zero-order valence-corrected chi connectivity index (χ0v) is 16.7. The highest BCUT2D eigenvalue weighted by Gasteiger charge is 2.35. The van der Waals surface area contributed by atoms with Crippen LogP contribution in [0, 0.1) is 12.3 Å². The van der Waals surface area contributed by atoms with E-state index >= 15 is 0 Å². The molecule has 0 aromatic carbocycles. The fourth-order valence-corrected chi connectivity index (χ4v) is 4.24. The molecule has 28 heavy (non-hydrogen) atoms. The fraction of sp³-hybridized carbons (Fsp3) is 0.571. The van der Waals surface area contributed by atoms with E-state index in [1.54, 1.807) is 13.0 Å². The first-order chi connectivity index (χ1) is 13.3. The molecule has 2 N–H and O–H groups in total. The lowest BCUT2D eigenvalue weighted by Crippen LogP contribution is -2.39. The number of amides is 1. The number of anilines is 1. The van der Waals surface area contributed by atoms with Gasteiger partial charge in [-0.05, 0) is 44.1 Å². The molecule has 1 aliphatic carbocycles. The molecule has 0 unspecified atom stereocenters. The van der Waals surface area contributed by atoms with Gasteiger partial charge in [-0.15, -0.1) is 0 Å². The summed E-state index contributed by atoms with van der Waals surface area (Å²) in [7, 11) is 0. The Bertz CT molecular complexity index is 868. The fourth-order valence-electron chi connectivity index (χ4n) is 4.24. The lowest BCUT2D eigenvalue weighted by molar-refractivity contribution is 0.0917. The number of aromatic nitrogens is 2. The molecule has 7 nitrogen and oxygen atoms in total. The third-order valence-electron chi connectivity index (χ3n) is 5.82. The summed E-state index contributed by atoms with van der Waals surface area (Å²) < 4.78 is 5.27. The first kappa shape index (κ1) is 18.9. The van der Waals surface area contributed by atoms with Crippen LogP contribution in [0.2, 0.25) is 0 Å². The van der Waals surface area contributed by atoms with Gasteiger partial charge in [0.05, 0.1) is 29.7 Å². The normalized spacial score (nSPS) is 22.0. The number of aliphatic hydroxyl groups is 1. The van der Waals surface area contributed by atoms with Gasteiger partial charge in [-0.1, -0.05) is 13.8 Å². The van der Waals surface area contributed by atoms with E-state index in [0.717, 1.165) is 56.0 Å². The average molecular weight is 384 g/mol. The van der Waals surface area contributed by atoms with Crippen LogP contribution in [0.4, 0.5) is 5.95 Å². The van der Waals surface area contributed by atoms with Crippen molar-refractivity contribution >= 4 is 11.9 Å². The Labute approximate surface area is 165 Å². The largest absolute Gasteiger partial charge is 0.469 e. The second-order valence-corrected chi connectivity index (χ2v) is 8.75. The smallest absolute Gasteiger partial charge is 0.255 e. The molecule has 1 atom stereocenters. The van der Waals surface area contributed by atoms with Crippen molar-refractivity contribution in [3.8, 4) is 0 Å². The van der Waals surface area contributed by atoms with Crippen LogP contribution in [-0.4, -0.2) is 40.2 Å². The number of hydrogen-bond donors (Lipinski definition) is 2. The summed E-state index contributed by atoms with van der Waals surface area (Å²) in [5, 5.41) is 12.9. The predicted octanol–water partition coefficient (Wildman–Crippen LogP) is 2.78. The van der Waals surface area contributed by atoms with Gasteiger partial charge in [-0.25, -0.2) is 9.97 Å². The number of nitrogens with one attached hydrogen (secondary N) is 1. The summed E-state index contributed by atoms with van der Waals surface area (Å²) in [5.74, 6) is 1.21. The highest BCUT2D eigenvalue weighted by molar-refractivity contribution is 5.95. The van der Waals surface area contributed by atoms with Crippen LogP contribution in [-0.2, 0) is 6.42 Å². The van der Waals surface area contributed by atoms with Gasteiger partial charge < -0.3 is 19.7 Å². The maximum Gasteiger partial charge on any atom is 0.255 e. The number of nitrogens with zero attached hydrogens (tertiary/aromatic N) is 3. The number of carbonyl (C=O) groups is 1. The molecule has 2 aliphatic rings. The summed E-state index contributed by atoms with van der Waals surface area (Å²) in [6, 6.07) is 1.57. The second kappa shape index (κ2) is 7.20. The van der Waals surface area contributed by atoms with E-state index in [1.165, 1.54) is 6.26 Å².